The first-order valence-corrected chi connectivity index (χ1v) is 11.0. The zero-order valence-electron chi connectivity index (χ0n) is 16.6. The Hall–Kier alpha value is -2.30. The number of carbonyl (C=O) groups excluding carboxylic acids is 1. The van der Waals surface area contributed by atoms with Gasteiger partial charge in [-0.15, -0.1) is 13.2 Å². The summed E-state index contributed by atoms with van der Waals surface area (Å²) in [5.74, 6) is -0.490. The second-order valence-corrected chi connectivity index (χ2v) is 8.53. The van der Waals surface area contributed by atoms with E-state index in [0.29, 0.717) is 10.0 Å². The van der Waals surface area contributed by atoms with Gasteiger partial charge in [0.25, 0.3) is 0 Å². The Bertz CT molecular complexity index is 872. The first-order valence-electron chi connectivity index (χ1n) is 9.62. The Kier molecular flexibility index (Phi) is 8.16. The van der Waals surface area contributed by atoms with E-state index in [1.165, 1.54) is 29.5 Å². The molecule has 2 aromatic rings. The summed E-state index contributed by atoms with van der Waals surface area (Å²) in [6.45, 7) is 4.31. The van der Waals surface area contributed by atoms with Crippen LogP contribution in [0.2, 0.25) is 0 Å². The van der Waals surface area contributed by atoms with E-state index in [2.05, 4.69) is 32.0 Å². The van der Waals surface area contributed by atoms with Crippen molar-refractivity contribution in [2.75, 3.05) is 37.2 Å². The summed E-state index contributed by atoms with van der Waals surface area (Å²) < 4.78 is 41.0. The third kappa shape index (κ3) is 8.04. The summed E-state index contributed by atoms with van der Waals surface area (Å²) in [6, 6.07) is 15.3. The summed E-state index contributed by atoms with van der Waals surface area (Å²) in [6.07, 6.45) is -4.75. The van der Waals surface area contributed by atoms with E-state index in [-0.39, 0.29) is 17.4 Å². The van der Waals surface area contributed by atoms with Gasteiger partial charge >= 0.3 is 6.36 Å². The molecule has 10 heteroatoms. The van der Waals surface area contributed by atoms with Crippen molar-refractivity contribution in [1.29, 1.82) is 0 Å². The molecule has 1 amide bonds. The molecular weight excluding hydrogens is 447 g/mol. The van der Waals surface area contributed by atoms with Crippen molar-refractivity contribution in [2.24, 2.45) is 0 Å². The van der Waals surface area contributed by atoms with E-state index in [4.69, 9.17) is 12.2 Å². The van der Waals surface area contributed by atoms with Crippen molar-refractivity contribution >= 4 is 39.9 Å². The van der Waals surface area contributed by atoms with Crippen molar-refractivity contribution in [1.82, 2.24) is 9.80 Å². The highest BCUT2D eigenvalue weighted by atomic mass is 32.2. The number of nitrogens with one attached hydrogen (secondary N) is 1. The number of amides is 1. The average molecular weight is 470 g/mol. The Morgan fingerprint density at radius 1 is 1.03 bits per heavy atom. The standard InChI is InChI=1S/C21H22F3N3O2S2/c22-21(23,24)29-18-8-6-17(7-9-18)25-19(28)15-31-20(30)27-12-10-26(11-13-27)14-16-4-2-1-3-5-16/h1-9H,10-15H2,(H,25,28). The van der Waals surface area contributed by atoms with Crippen LogP contribution in [0.1, 0.15) is 5.56 Å². The van der Waals surface area contributed by atoms with E-state index in [9.17, 15) is 18.0 Å². The monoisotopic (exact) mass is 469 g/mol. The van der Waals surface area contributed by atoms with Gasteiger partial charge in [-0.1, -0.05) is 54.3 Å². The van der Waals surface area contributed by atoms with Crippen molar-refractivity contribution in [3.8, 4) is 5.75 Å². The van der Waals surface area contributed by atoms with Crippen LogP contribution in [-0.2, 0) is 11.3 Å². The third-order valence-electron chi connectivity index (χ3n) is 4.58. The highest BCUT2D eigenvalue weighted by Crippen LogP contribution is 2.24. The van der Waals surface area contributed by atoms with Crippen LogP contribution >= 0.6 is 24.0 Å². The lowest BCUT2D eigenvalue weighted by atomic mass is 10.2. The number of alkyl halides is 3. The molecule has 1 N–H and O–H groups in total. The molecule has 166 valence electrons. The van der Waals surface area contributed by atoms with Crippen LogP contribution in [0, 0.1) is 0 Å². The first-order chi connectivity index (χ1) is 14.8. The summed E-state index contributed by atoms with van der Waals surface area (Å²) in [4.78, 5) is 16.6. The fourth-order valence-electron chi connectivity index (χ4n) is 3.09. The largest absolute Gasteiger partial charge is 0.573 e. The van der Waals surface area contributed by atoms with Crippen LogP contribution in [0.15, 0.2) is 54.6 Å². The molecular formula is C21H22F3N3O2S2. The van der Waals surface area contributed by atoms with Crippen LogP contribution < -0.4 is 10.1 Å². The molecule has 5 nitrogen and oxygen atoms in total. The predicted octanol–water partition coefficient (Wildman–Crippen LogP) is 4.36. The Morgan fingerprint density at radius 3 is 2.29 bits per heavy atom. The fourth-order valence-corrected chi connectivity index (χ4v) is 4.14. The molecule has 0 aliphatic carbocycles. The molecule has 0 atom stereocenters. The van der Waals surface area contributed by atoms with E-state index in [1.807, 2.05) is 18.2 Å². The lowest BCUT2D eigenvalue weighted by Gasteiger charge is -2.35. The Labute approximate surface area is 188 Å². The molecule has 0 unspecified atom stereocenters. The molecule has 1 saturated heterocycles. The van der Waals surface area contributed by atoms with Gasteiger partial charge in [-0.25, -0.2) is 0 Å². The summed E-state index contributed by atoms with van der Waals surface area (Å²) in [5, 5.41) is 2.64. The van der Waals surface area contributed by atoms with Crippen LogP contribution in [0.25, 0.3) is 0 Å². The number of hydrogen-bond acceptors (Lipinski definition) is 5. The maximum Gasteiger partial charge on any atom is 0.573 e. The van der Waals surface area contributed by atoms with Crippen molar-refractivity contribution in [3.05, 3.63) is 60.2 Å². The van der Waals surface area contributed by atoms with Gasteiger partial charge in [0.15, 0.2) is 0 Å². The molecule has 0 radical (unpaired) electrons. The van der Waals surface area contributed by atoms with Gasteiger partial charge in [0, 0.05) is 38.4 Å². The minimum Gasteiger partial charge on any atom is -0.406 e. The molecule has 0 aromatic heterocycles. The molecule has 31 heavy (non-hydrogen) atoms. The van der Waals surface area contributed by atoms with Gasteiger partial charge in [0.2, 0.25) is 5.91 Å². The number of anilines is 1. The van der Waals surface area contributed by atoms with Gasteiger partial charge in [-0.05, 0) is 29.8 Å². The van der Waals surface area contributed by atoms with Crippen LogP contribution in [0.3, 0.4) is 0 Å². The number of rotatable bonds is 6. The minimum atomic E-state index is -4.75. The van der Waals surface area contributed by atoms with Crippen molar-refractivity contribution in [2.45, 2.75) is 12.9 Å². The van der Waals surface area contributed by atoms with Gasteiger partial charge in [0.05, 0.1) is 5.75 Å². The molecule has 1 aliphatic rings. The van der Waals surface area contributed by atoms with Gasteiger partial charge < -0.3 is 15.0 Å². The SMILES string of the molecule is O=C(CSC(=S)N1CCN(Cc2ccccc2)CC1)Nc1ccc(OC(F)(F)F)cc1. The summed E-state index contributed by atoms with van der Waals surface area (Å²) in [7, 11) is 0. The number of thioether (sulfide) groups is 1. The second-order valence-electron chi connectivity index (χ2n) is 6.92. The van der Waals surface area contributed by atoms with Gasteiger partial charge in [-0.3, -0.25) is 9.69 Å². The number of thiocarbonyl (C=S) groups is 1. The highest BCUT2D eigenvalue weighted by molar-refractivity contribution is 8.23. The zero-order chi connectivity index (χ0) is 22.3. The highest BCUT2D eigenvalue weighted by Gasteiger charge is 2.31. The molecule has 0 saturated carbocycles. The molecule has 1 fully saturated rings. The summed E-state index contributed by atoms with van der Waals surface area (Å²) in [5.41, 5.74) is 1.67. The normalized spacial score (nSPS) is 14.9. The molecule has 2 aromatic carbocycles. The number of halogens is 3. The van der Waals surface area contributed by atoms with E-state index in [1.54, 1.807) is 0 Å². The maximum atomic E-state index is 12.2. The van der Waals surface area contributed by atoms with Crippen LogP contribution in [0.5, 0.6) is 5.75 Å². The maximum absolute atomic E-state index is 12.2. The molecule has 1 heterocycles. The lowest BCUT2D eigenvalue weighted by molar-refractivity contribution is -0.274. The van der Waals surface area contributed by atoms with Crippen molar-refractivity contribution < 1.29 is 22.7 Å². The van der Waals surface area contributed by atoms with Crippen LogP contribution in [-0.4, -0.2) is 58.3 Å². The quantitative estimate of drug-likeness (QED) is 0.635. The Morgan fingerprint density at radius 2 is 1.68 bits per heavy atom. The molecule has 0 spiro atoms. The first kappa shape index (κ1) is 23.4. The third-order valence-corrected chi connectivity index (χ3v) is 6.10. The van der Waals surface area contributed by atoms with E-state index in [0.717, 1.165) is 44.9 Å². The minimum absolute atomic E-state index is 0.129. The van der Waals surface area contributed by atoms with E-state index < -0.39 is 6.36 Å². The topological polar surface area (TPSA) is 44.8 Å². The second kappa shape index (κ2) is 10.8. The predicted molar refractivity (Wildman–Crippen MR) is 120 cm³/mol. The summed E-state index contributed by atoms with van der Waals surface area (Å²) >= 11 is 6.74. The molecule has 1 aliphatic heterocycles. The van der Waals surface area contributed by atoms with Gasteiger partial charge in [0.1, 0.15) is 10.1 Å². The van der Waals surface area contributed by atoms with Crippen LogP contribution in [0.4, 0.5) is 18.9 Å². The average Bonchev–Trinajstić information content (AvgIpc) is 2.74. The van der Waals surface area contributed by atoms with Gasteiger partial charge in [-0.2, -0.15) is 0 Å². The smallest absolute Gasteiger partial charge is 0.406 e. The molecule has 3 rings (SSSR count). The fraction of sp³-hybridized carbons (Fsp3) is 0.333. The number of carbonyl (C=O) groups is 1. The number of nitrogens with zero attached hydrogens (tertiary/aromatic N) is 2. The number of benzene rings is 2. The number of ether oxygens (including phenoxy) is 1. The number of hydrogen-bond donors (Lipinski definition) is 1. The molecule has 0 bridgehead atoms. The van der Waals surface area contributed by atoms with E-state index >= 15 is 0 Å². The number of piperazine rings is 1. The Balaban J connectivity index is 1.37. The van der Waals surface area contributed by atoms with Crippen molar-refractivity contribution in [3.63, 3.8) is 0 Å². The lowest BCUT2D eigenvalue weighted by Crippen LogP contribution is -2.47. The zero-order valence-corrected chi connectivity index (χ0v) is 18.2.